The second-order valence-corrected chi connectivity index (χ2v) is 5.21. The van der Waals surface area contributed by atoms with Crippen molar-refractivity contribution in [2.75, 3.05) is 6.61 Å². The first kappa shape index (κ1) is 15.7. The summed E-state index contributed by atoms with van der Waals surface area (Å²) in [7, 11) is 0. The molecule has 0 aliphatic rings. The second kappa shape index (κ2) is 6.70. The number of carbonyl (C=O) groups excluding carboxylic acids is 1. The van der Waals surface area contributed by atoms with Gasteiger partial charge >= 0.3 is 5.97 Å². The molecule has 0 heterocycles. The highest BCUT2D eigenvalue weighted by atomic mass is 79.9. The van der Waals surface area contributed by atoms with E-state index < -0.39 is 17.8 Å². The average molecular weight is 329 g/mol. The molecule has 1 N–H and O–H groups in total. The molecule has 0 saturated heterocycles. The molecule has 0 fully saturated rings. The highest BCUT2D eigenvalue weighted by Crippen LogP contribution is 2.27. The molecule has 2 atom stereocenters. The molecular formula is C14H17BrO4. The molecule has 0 amide bonds. The molecule has 5 heteroatoms. The fraction of sp³-hybridized carbons (Fsp3) is 0.429. The summed E-state index contributed by atoms with van der Waals surface area (Å²) in [5.41, 5.74) is 0.476. The predicted molar refractivity (Wildman–Crippen MR) is 75.6 cm³/mol. The van der Waals surface area contributed by atoms with Gasteiger partial charge in [0.25, 0.3) is 0 Å². The number of ether oxygens (including phenoxy) is 1. The van der Waals surface area contributed by atoms with E-state index in [-0.39, 0.29) is 5.78 Å². The van der Waals surface area contributed by atoms with Crippen LogP contribution in [-0.4, -0.2) is 23.5 Å². The summed E-state index contributed by atoms with van der Waals surface area (Å²) < 4.78 is 5.95. The molecule has 2 unspecified atom stereocenters. The van der Waals surface area contributed by atoms with Gasteiger partial charge in [-0.1, -0.05) is 13.8 Å². The quantitative estimate of drug-likeness (QED) is 0.813. The molecule has 0 saturated carbocycles. The molecule has 0 aromatic heterocycles. The molecule has 0 aliphatic carbocycles. The van der Waals surface area contributed by atoms with Crippen LogP contribution in [0.1, 0.15) is 31.1 Å². The van der Waals surface area contributed by atoms with Crippen LogP contribution in [0.25, 0.3) is 0 Å². The van der Waals surface area contributed by atoms with Crippen molar-refractivity contribution in [1.29, 1.82) is 0 Å². The molecule has 1 aromatic rings. The number of ketones is 1. The molecule has 0 spiro atoms. The maximum Gasteiger partial charge on any atom is 0.306 e. The van der Waals surface area contributed by atoms with Crippen LogP contribution in [-0.2, 0) is 4.79 Å². The van der Waals surface area contributed by atoms with Crippen molar-refractivity contribution in [3.05, 3.63) is 28.2 Å². The largest absolute Gasteiger partial charge is 0.494 e. The van der Waals surface area contributed by atoms with Crippen LogP contribution < -0.4 is 4.74 Å². The van der Waals surface area contributed by atoms with Gasteiger partial charge in [-0.3, -0.25) is 9.59 Å². The van der Waals surface area contributed by atoms with Crippen LogP contribution in [0.3, 0.4) is 0 Å². The van der Waals surface area contributed by atoms with Gasteiger partial charge in [0, 0.05) is 16.0 Å². The fourth-order valence-corrected chi connectivity index (χ4v) is 2.19. The lowest BCUT2D eigenvalue weighted by atomic mass is 9.88. The Morgan fingerprint density at radius 3 is 2.42 bits per heavy atom. The highest BCUT2D eigenvalue weighted by Gasteiger charge is 2.27. The Bertz CT molecular complexity index is 484. The minimum Gasteiger partial charge on any atom is -0.494 e. The normalized spacial score (nSPS) is 13.7. The average Bonchev–Trinajstić information content (AvgIpc) is 2.36. The third-order valence-electron chi connectivity index (χ3n) is 3.07. The standard InChI is InChI=1S/C14H17BrO4/c1-4-19-10-5-6-11(12(15)7-10)13(16)8(2)9(3)14(17)18/h5-9H,4H2,1-3H3,(H,17,18). The van der Waals surface area contributed by atoms with Crippen molar-refractivity contribution in [3.8, 4) is 5.75 Å². The molecule has 104 valence electrons. The van der Waals surface area contributed by atoms with Crippen molar-refractivity contribution in [2.45, 2.75) is 20.8 Å². The van der Waals surface area contributed by atoms with Gasteiger partial charge in [-0.2, -0.15) is 0 Å². The first-order valence-corrected chi connectivity index (χ1v) is 6.87. The Hall–Kier alpha value is -1.36. The zero-order valence-electron chi connectivity index (χ0n) is 11.1. The first-order chi connectivity index (χ1) is 8.88. The highest BCUT2D eigenvalue weighted by molar-refractivity contribution is 9.10. The smallest absolute Gasteiger partial charge is 0.306 e. The van der Waals surface area contributed by atoms with E-state index in [1.807, 2.05) is 6.92 Å². The lowest BCUT2D eigenvalue weighted by molar-refractivity contribution is -0.142. The Labute approximate surface area is 120 Å². The molecule has 4 nitrogen and oxygen atoms in total. The molecular weight excluding hydrogens is 312 g/mol. The molecule has 1 rings (SSSR count). The molecule has 19 heavy (non-hydrogen) atoms. The van der Waals surface area contributed by atoms with Crippen molar-refractivity contribution in [1.82, 2.24) is 0 Å². The molecule has 0 aliphatic heterocycles. The Morgan fingerprint density at radius 2 is 1.95 bits per heavy atom. The van der Waals surface area contributed by atoms with Crippen LogP contribution >= 0.6 is 15.9 Å². The van der Waals surface area contributed by atoms with Gasteiger partial charge in [-0.15, -0.1) is 0 Å². The van der Waals surface area contributed by atoms with Crippen LogP contribution in [0.15, 0.2) is 22.7 Å². The monoisotopic (exact) mass is 328 g/mol. The summed E-state index contributed by atoms with van der Waals surface area (Å²) in [4.78, 5) is 23.2. The minimum absolute atomic E-state index is 0.190. The van der Waals surface area contributed by atoms with E-state index in [4.69, 9.17) is 9.84 Å². The summed E-state index contributed by atoms with van der Waals surface area (Å²) in [6.07, 6.45) is 0. The van der Waals surface area contributed by atoms with Gasteiger partial charge in [-0.05, 0) is 41.1 Å². The Morgan fingerprint density at radius 1 is 1.32 bits per heavy atom. The number of carbonyl (C=O) groups is 2. The number of Topliss-reactive ketones (excluding diaryl/α,β-unsaturated/α-hetero) is 1. The maximum atomic E-state index is 12.2. The van der Waals surface area contributed by atoms with Crippen LogP contribution in [0.2, 0.25) is 0 Å². The maximum absolute atomic E-state index is 12.2. The van der Waals surface area contributed by atoms with E-state index in [2.05, 4.69) is 15.9 Å². The van der Waals surface area contributed by atoms with E-state index in [9.17, 15) is 9.59 Å². The van der Waals surface area contributed by atoms with Gasteiger partial charge in [0.15, 0.2) is 5.78 Å². The van der Waals surface area contributed by atoms with E-state index >= 15 is 0 Å². The summed E-state index contributed by atoms with van der Waals surface area (Å²) >= 11 is 3.32. The van der Waals surface area contributed by atoms with Gasteiger partial charge in [0.2, 0.25) is 0 Å². The number of hydrogen-bond acceptors (Lipinski definition) is 3. The number of carboxylic acids is 1. The number of carboxylic acid groups (broad SMARTS) is 1. The van der Waals surface area contributed by atoms with E-state index in [0.29, 0.717) is 22.4 Å². The lowest BCUT2D eigenvalue weighted by Crippen LogP contribution is -2.25. The molecule has 0 bridgehead atoms. The van der Waals surface area contributed by atoms with Gasteiger partial charge in [0.1, 0.15) is 5.75 Å². The van der Waals surface area contributed by atoms with Crippen molar-refractivity contribution in [3.63, 3.8) is 0 Å². The lowest BCUT2D eigenvalue weighted by Gasteiger charge is -2.16. The topological polar surface area (TPSA) is 63.6 Å². The summed E-state index contributed by atoms with van der Waals surface area (Å²) in [5.74, 6) is -1.78. The Kier molecular flexibility index (Phi) is 5.54. The zero-order valence-corrected chi connectivity index (χ0v) is 12.7. The number of benzene rings is 1. The third kappa shape index (κ3) is 3.80. The summed E-state index contributed by atoms with van der Waals surface area (Å²) in [6.45, 7) is 5.59. The van der Waals surface area contributed by atoms with Crippen LogP contribution in [0.4, 0.5) is 0 Å². The third-order valence-corrected chi connectivity index (χ3v) is 3.73. The number of aliphatic carboxylic acids is 1. The number of halogens is 1. The first-order valence-electron chi connectivity index (χ1n) is 6.07. The van der Waals surface area contributed by atoms with Gasteiger partial charge in [-0.25, -0.2) is 0 Å². The van der Waals surface area contributed by atoms with Crippen molar-refractivity contribution >= 4 is 27.7 Å². The second-order valence-electron chi connectivity index (χ2n) is 4.35. The molecule has 0 radical (unpaired) electrons. The van der Waals surface area contributed by atoms with E-state index in [1.54, 1.807) is 25.1 Å². The number of hydrogen-bond donors (Lipinski definition) is 1. The fourth-order valence-electron chi connectivity index (χ4n) is 1.64. The van der Waals surface area contributed by atoms with E-state index in [1.165, 1.54) is 6.92 Å². The predicted octanol–water partition coefficient (Wildman–Crippen LogP) is 3.39. The summed E-state index contributed by atoms with van der Waals surface area (Å²) in [6, 6.07) is 5.08. The van der Waals surface area contributed by atoms with Crippen LogP contribution in [0.5, 0.6) is 5.75 Å². The number of rotatable bonds is 6. The Balaban J connectivity index is 2.97. The zero-order chi connectivity index (χ0) is 14.6. The van der Waals surface area contributed by atoms with Gasteiger partial charge in [0.05, 0.1) is 12.5 Å². The molecule has 1 aromatic carbocycles. The minimum atomic E-state index is -0.970. The van der Waals surface area contributed by atoms with Gasteiger partial charge < -0.3 is 9.84 Å². The SMILES string of the molecule is CCOc1ccc(C(=O)C(C)C(C)C(=O)O)c(Br)c1. The summed E-state index contributed by atoms with van der Waals surface area (Å²) in [5, 5.41) is 8.95. The van der Waals surface area contributed by atoms with Crippen molar-refractivity contribution < 1.29 is 19.4 Å². The van der Waals surface area contributed by atoms with Crippen LogP contribution in [0, 0.1) is 11.8 Å². The van der Waals surface area contributed by atoms with Crippen molar-refractivity contribution in [2.24, 2.45) is 11.8 Å². The van der Waals surface area contributed by atoms with E-state index in [0.717, 1.165) is 0 Å².